The molecular formula is C15H12N6. The minimum absolute atomic E-state index is 0.814. The van der Waals surface area contributed by atoms with Crippen molar-refractivity contribution in [1.29, 1.82) is 0 Å². The van der Waals surface area contributed by atoms with Gasteiger partial charge in [0.05, 0.1) is 23.8 Å². The van der Waals surface area contributed by atoms with E-state index in [-0.39, 0.29) is 0 Å². The minimum Gasteiger partial charge on any atom is -0.275 e. The standard InChI is InChI=1S/C15H12N6/c1-20-10-12(8-18-20)13-2-3-15-17-9-14(21(15)19-13)11-4-6-16-7-5-11/h2-10H,1H3. The topological polar surface area (TPSA) is 60.9 Å². The highest BCUT2D eigenvalue weighted by molar-refractivity contribution is 5.65. The fraction of sp³-hybridized carbons (Fsp3) is 0.0667. The quantitative estimate of drug-likeness (QED) is 0.563. The highest BCUT2D eigenvalue weighted by Crippen LogP contribution is 2.22. The zero-order valence-electron chi connectivity index (χ0n) is 11.4. The number of hydrogen-bond acceptors (Lipinski definition) is 4. The molecule has 0 bridgehead atoms. The van der Waals surface area contributed by atoms with Gasteiger partial charge in [0.1, 0.15) is 0 Å². The summed E-state index contributed by atoms with van der Waals surface area (Å²) in [5, 5.41) is 8.86. The van der Waals surface area contributed by atoms with Crippen molar-refractivity contribution in [3.8, 4) is 22.5 Å². The van der Waals surface area contributed by atoms with Crippen LogP contribution >= 0.6 is 0 Å². The maximum Gasteiger partial charge on any atom is 0.154 e. The lowest BCUT2D eigenvalue weighted by molar-refractivity contribution is 0.768. The van der Waals surface area contributed by atoms with E-state index >= 15 is 0 Å². The average molecular weight is 276 g/mol. The fourth-order valence-corrected chi connectivity index (χ4v) is 2.30. The second kappa shape index (κ2) is 4.52. The summed E-state index contributed by atoms with van der Waals surface area (Å²) in [6, 6.07) is 7.81. The molecule has 0 saturated heterocycles. The largest absolute Gasteiger partial charge is 0.275 e. The normalized spacial score (nSPS) is 11.1. The molecule has 0 atom stereocenters. The number of rotatable bonds is 2. The Hall–Kier alpha value is -3.02. The van der Waals surface area contributed by atoms with Crippen LogP contribution in [0.25, 0.3) is 28.2 Å². The van der Waals surface area contributed by atoms with Gasteiger partial charge in [0.2, 0.25) is 0 Å². The van der Waals surface area contributed by atoms with E-state index in [1.807, 2.05) is 48.2 Å². The Bertz CT molecular complexity index is 906. The summed E-state index contributed by atoms with van der Waals surface area (Å²) in [7, 11) is 1.89. The van der Waals surface area contributed by atoms with Crippen LogP contribution in [-0.4, -0.2) is 29.4 Å². The molecule has 0 aliphatic heterocycles. The first-order valence-corrected chi connectivity index (χ1v) is 6.55. The third kappa shape index (κ3) is 1.97. The van der Waals surface area contributed by atoms with Crippen LogP contribution in [0.4, 0.5) is 0 Å². The van der Waals surface area contributed by atoms with E-state index in [1.54, 1.807) is 23.3 Å². The van der Waals surface area contributed by atoms with Crippen molar-refractivity contribution in [2.75, 3.05) is 0 Å². The van der Waals surface area contributed by atoms with Gasteiger partial charge < -0.3 is 0 Å². The van der Waals surface area contributed by atoms with Crippen LogP contribution in [0.15, 0.2) is 55.2 Å². The summed E-state index contributed by atoms with van der Waals surface area (Å²) < 4.78 is 3.61. The summed E-state index contributed by atoms with van der Waals surface area (Å²) >= 11 is 0. The number of imidazole rings is 1. The predicted octanol–water partition coefficient (Wildman–Crippen LogP) is 2.19. The van der Waals surface area contributed by atoms with Crippen LogP contribution in [0.2, 0.25) is 0 Å². The Morgan fingerprint density at radius 1 is 0.952 bits per heavy atom. The highest BCUT2D eigenvalue weighted by atomic mass is 15.3. The molecule has 6 heteroatoms. The van der Waals surface area contributed by atoms with Gasteiger partial charge >= 0.3 is 0 Å². The molecule has 0 unspecified atom stereocenters. The van der Waals surface area contributed by atoms with Gasteiger partial charge in [-0.3, -0.25) is 9.67 Å². The summed E-state index contributed by atoms with van der Waals surface area (Å²) in [6.45, 7) is 0. The SMILES string of the molecule is Cn1cc(-c2ccc3ncc(-c4ccncc4)n3n2)cn1. The molecule has 4 aromatic rings. The number of hydrogen-bond donors (Lipinski definition) is 0. The maximum atomic E-state index is 4.68. The molecule has 0 aliphatic carbocycles. The van der Waals surface area contributed by atoms with Gasteiger partial charge in [-0.1, -0.05) is 0 Å². The summed E-state index contributed by atoms with van der Waals surface area (Å²) in [5.74, 6) is 0. The Balaban J connectivity index is 1.90. The number of aromatic nitrogens is 6. The Morgan fingerprint density at radius 3 is 2.57 bits per heavy atom. The van der Waals surface area contributed by atoms with Crippen molar-refractivity contribution in [2.24, 2.45) is 7.05 Å². The van der Waals surface area contributed by atoms with Gasteiger partial charge in [-0.15, -0.1) is 0 Å². The van der Waals surface area contributed by atoms with Crippen LogP contribution in [0, 0.1) is 0 Å². The van der Waals surface area contributed by atoms with Gasteiger partial charge in [-0.05, 0) is 24.3 Å². The Morgan fingerprint density at radius 2 is 1.81 bits per heavy atom. The zero-order chi connectivity index (χ0) is 14.2. The average Bonchev–Trinajstić information content (AvgIpc) is 3.13. The van der Waals surface area contributed by atoms with Gasteiger partial charge in [0, 0.05) is 36.8 Å². The maximum absolute atomic E-state index is 4.68. The molecule has 0 amide bonds. The molecule has 0 fully saturated rings. The van der Waals surface area contributed by atoms with Crippen molar-refractivity contribution < 1.29 is 0 Å². The van der Waals surface area contributed by atoms with Crippen LogP contribution in [0.5, 0.6) is 0 Å². The molecule has 4 rings (SSSR count). The first kappa shape index (κ1) is 11.8. The number of nitrogens with zero attached hydrogens (tertiary/aromatic N) is 6. The summed E-state index contributed by atoms with van der Waals surface area (Å²) in [6.07, 6.45) is 9.10. The van der Waals surface area contributed by atoms with Crippen molar-refractivity contribution >= 4 is 5.65 Å². The molecule has 0 radical (unpaired) electrons. The van der Waals surface area contributed by atoms with Crippen LogP contribution in [0.1, 0.15) is 0 Å². The third-order valence-corrected chi connectivity index (χ3v) is 3.34. The number of pyridine rings is 1. The van der Waals surface area contributed by atoms with Crippen molar-refractivity contribution in [3.63, 3.8) is 0 Å². The summed E-state index contributed by atoms with van der Waals surface area (Å²) in [5.41, 5.74) is 4.64. The monoisotopic (exact) mass is 276 g/mol. The Labute approximate surface area is 120 Å². The highest BCUT2D eigenvalue weighted by Gasteiger charge is 2.09. The van der Waals surface area contributed by atoms with E-state index in [4.69, 9.17) is 0 Å². The first-order chi connectivity index (χ1) is 10.3. The van der Waals surface area contributed by atoms with E-state index in [1.165, 1.54) is 0 Å². The number of fused-ring (bicyclic) bond motifs is 1. The fourth-order valence-electron chi connectivity index (χ4n) is 2.30. The molecule has 6 nitrogen and oxygen atoms in total. The van der Waals surface area contributed by atoms with Crippen LogP contribution < -0.4 is 0 Å². The second-order valence-corrected chi connectivity index (χ2v) is 4.77. The molecule has 4 aromatic heterocycles. The molecule has 0 spiro atoms. The zero-order valence-corrected chi connectivity index (χ0v) is 11.4. The van der Waals surface area contributed by atoms with E-state index < -0.39 is 0 Å². The van der Waals surface area contributed by atoms with Crippen molar-refractivity contribution in [3.05, 3.63) is 55.2 Å². The lowest BCUT2D eigenvalue weighted by Gasteiger charge is -2.02. The molecule has 0 aliphatic rings. The molecule has 0 saturated carbocycles. The smallest absolute Gasteiger partial charge is 0.154 e. The predicted molar refractivity (Wildman–Crippen MR) is 78.4 cm³/mol. The van der Waals surface area contributed by atoms with E-state index in [0.717, 1.165) is 28.2 Å². The third-order valence-electron chi connectivity index (χ3n) is 3.34. The van der Waals surface area contributed by atoms with Crippen molar-refractivity contribution in [2.45, 2.75) is 0 Å². The van der Waals surface area contributed by atoms with Gasteiger partial charge in [0.25, 0.3) is 0 Å². The molecule has 0 aromatic carbocycles. The molecule has 0 N–H and O–H groups in total. The van der Waals surface area contributed by atoms with Crippen molar-refractivity contribution in [1.82, 2.24) is 29.4 Å². The lowest BCUT2D eigenvalue weighted by Crippen LogP contribution is -1.96. The van der Waals surface area contributed by atoms with Gasteiger partial charge in [0.15, 0.2) is 5.65 Å². The minimum atomic E-state index is 0.814. The van der Waals surface area contributed by atoms with E-state index in [2.05, 4.69) is 20.2 Å². The van der Waals surface area contributed by atoms with E-state index in [0.29, 0.717) is 0 Å². The Kier molecular flexibility index (Phi) is 2.53. The van der Waals surface area contributed by atoms with Gasteiger partial charge in [-0.2, -0.15) is 10.2 Å². The van der Waals surface area contributed by atoms with Crippen LogP contribution in [0.3, 0.4) is 0 Å². The van der Waals surface area contributed by atoms with E-state index in [9.17, 15) is 0 Å². The molecule has 102 valence electrons. The van der Waals surface area contributed by atoms with Gasteiger partial charge in [-0.25, -0.2) is 9.50 Å². The molecule has 4 heterocycles. The molecule has 21 heavy (non-hydrogen) atoms. The first-order valence-electron chi connectivity index (χ1n) is 6.55. The second-order valence-electron chi connectivity index (χ2n) is 4.77. The molecular weight excluding hydrogens is 264 g/mol. The van der Waals surface area contributed by atoms with Crippen LogP contribution in [-0.2, 0) is 7.05 Å². The summed E-state index contributed by atoms with van der Waals surface area (Å²) in [4.78, 5) is 8.44. The lowest BCUT2D eigenvalue weighted by atomic mass is 10.2. The number of aryl methyl sites for hydroxylation is 1.